The zero-order valence-corrected chi connectivity index (χ0v) is 11.7. The Morgan fingerprint density at radius 2 is 1.94 bits per heavy atom. The van der Waals surface area contributed by atoms with Crippen molar-refractivity contribution in [3.63, 3.8) is 0 Å². The van der Waals surface area contributed by atoms with Crippen molar-refractivity contribution in [2.45, 2.75) is 31.1 Å². The Kier molecular flexibility index (Phi) is 3.64. The van der Waals surface area contributed by atoms with Crippen LogP contribution in [0.1, 0.15) is 26.2 Å². The number of benzene rings is 1. The van der Waals surface area contributed by atoms with E-state index in [0.717, 1.165) is 12.8 Å². The van der Waals surface area contributed by atoms with Crippen molar-refractivity contribution in [2.75, 3.05) is 18.9 Å². The van der Waals surface area contributed by atoms with Crippen molar-refractivity contribution in [2.24, 2.45) is 5.41 Å². The SMILES string of the molecule is CNc1ccccc1S(=O)(=O)NCC1(C)CCC1. The summed E-state index contributed by atoms with van der Waals surface area (Å²) < 4.78 is 27.2. The fourth-order valence-electron chi connectivity index (χ4n) is 2.21. The summed E-state index contributed by atoms with van der Waals surface area (Å²) in [6, 6.07) is 6.94. The summed E-state index contributed by atoms with van der Waals surface area (Å²) in [6.45, 7) is 2.65. The monoisotopic (exact) mass is 268 g/mol. The third kappa shape index (κ3) is 2.67. The summed E-state index contributed by atoms with van der Waals surface area (Å²) in [7, 11) is -1.70. The predicted octanol–water partition coefficient (Wildman–Crippen LogP) is 2.20. The van der Waals surface area contributed by atoms with Crippen LogP contribution in [0.25, 0.3) is 0 Å². The number of sulfonamides is 1. The van der Waals surface area contributed by atoms with Crippen LogP contribution in [0.4, 0.5) is 5.69 Å². The molecule has 0 spiro atoms. The first-order valence-corrected chi connectivity index (χ1v) is 7.72. The quantitative estimate of drug-likeness (QED) is 0.860. The van der Waals surface area contributed by atoms with E-state index in [0.29, 0.717) is 17.1 Å². The second-order valence-electron chi connectivity index (χ2n) is 5.23. The van der Waals surface area contributed by atoms with Gasteiger partial charge in [-0.15, -0.1) is 0 Å². The minimum atomic E-state index is -3.42. The molecule has 1 aromatic rings. The fraction of sp³-hybridized carbons (Fsp3) is 0.538. The van der Waals surface area contributed by atoms with Crippen LogP contribution >= 0.6 is 0 Å². The number of para-hydroxylation sites is 1. The van der Waals surface area contributed by atoms with E-state index in [1.54, 1.807) is 25.2 Å². The molecule has 1 aliphatic rings. The summed E-state index contributed by atoms with van der Waals surface area (Å²) in [5, 5.41) is 2.91. The third-order valence-corrected chi connectivity index (χ3v) is 5.15. The highest BCUT2D eigenvalue weighted by molar-refractivity contribution is 7.89. The molecule has 0 radical (unpaired) electrons. The van der Waals surface area contributed by atoms with Crippen LogP contribution in [-0.2, 0) is 10.0 Å². The van der Waals surface area contributed by atoms with Gasteiger partial charge in [0.05, 0.1) is 5.69 Å². The molecule has 0 amide bonds. The summed E-state index contributed by atoms with van der Waals surface area (Å²) in [5.74, 6) is 0. The summed E-state index contributed by atoms with van der Waals surface area (Å²) in [6.07, 6.45) is 3.40. The molecule has 1 fully saturated rings. The Bertz CT molecular complexity index is 522. The zero-order valence-electron chi connectivity index (χ0n) is 10.9. The standard InChI is InChI=1S/C13H20N2O2S/c1-13(8-5-9-13)10-15-18(16,17)12-7-4-3-6-11(12)14-2/h3-4,6-7,14-15H,5,8-10H2,1-2H3. The lowest BCUT2D eigenvalue weighted by Crippen LogP contribution is -2.40. The number of anilines is 1. The molecule has 5 heteroatoms. The highest BCUT2D eigenvalue weighted by atomic mass is 32.2. The van der Waals surface area contributed by atoms with E-state index >= 15 is 0 Å². The van der Waals surface area contributed by atoms with Crippen molar-refractivity contribution in [3.8, 4) is 0 Å². The molecule has 1 saturated carbocycles. The van der Waals surface area contributed by atoms with Crippen LogP contribution in [0.3, 0.4) is 0 Å². The number of hydrogen-bond acceptors (Lipinski definition) is 3. The van der Waals surface area contributed by atoms with Gasteiger partial charge in [-0.2, -0.15) is 0 Å². The molecule has 1 aromatic carbocycles. The second-order valence-corrected chi connectivity index (χ2v) is 6.97. The van der Waals surface area contributed by atoms with Crippen LogP contribution < -0.4 is 10.0 Å². The van der Waals surface area contributed by atoms with E-state index in [1.165, 1.54) is 6.42 Å². The molecule has 1 aliphatic carbocycles. The average Bonchev–Trinajstić information content (AvgIpc) is 2.34. The summed E-state index contributed by atoms with van der Waals surface area (Å²) >= 11 is 0. The number of nitrogens with one attached hydrogen (secondary N) is 2. The van der Waals surface area contributed by atoms with Crippen LogP contribution in [0.5, 0.6) is 0 Å². The van der Waals surface area contributed by atoms with Crippen molar-refractivity contribution in [1.29, 1.82) is 0 Å². The zero-order chi connectivity index (χ0) is 13.2. The lowest BCUT2D eigenvalue weighted by Gasteiger charge is -2.38. The average molecular weight is 268 g/mol. The normalized spacial score (nSPS) is 18.1. The molecule has 0 unspecified atom stereocenters. The fourth-order valence-corrected chi connectivity index (χ4v) is 3.62. The van der Waals surface area contributed by atoms with Gasteiger partial charge in [0.1, 0.15) is 4.90 Å². The molecule has 0 atom stereocenters. The van der Waals surface area contributed by atoms with Crippen LogP contribution in [-0.4, -0.2) is 22.0 Å². The maximum atomic E-state index is 12.2. The van der Waals surface area contributed by atoms with Gasteiger partial charge < -0.3 is 5.32 Å². The molecule has 0 saturated heterocycles. The Labute approximate surface area is 109 Å². The van der Waals surface area contributed by atoms with Gasteiger partial charge in [-0.25, -0.2) is 13.1 Å². The summed E-state index contributed by atoms with van der Waals surface area (Å²) in [4.78, 5) is 0.315. The van der Waals surface area contributed by atoms with Gasteiger partial charge in [-0.05, 0) is 30.4 Å². The molecule has 0 aliphatic heterocycles. The van der Waals surface area contributed by atoms with Crippen molar-refractivity contribution >= 4 is 15.7 Å². The van der Waals surface area contributed by atoms with Crippen molar-refractivity contribution < 1.29 is 8.42 Å². The molecular formula is C13H20N2O2S. The first-order valence-electron chi connectivity index (χ1n) is 6.23. The minimum absolute atomic E-state index is 0.141. The molecule has 2 N–H and O–H groups in total. The lowest BCUT2D eigenvalue weighted by atomic mass is 9.71. The molecule has 0 heterocycles. The number of hydrogen-bond donors (Lipinski definition) is 2. The van der Waals surface area contributed by atoms with Gasteiger partial charge in [-0.3, -0.25) is 0 Å². The van der Waals surface area contributed by atoms with Crippen LogP contribution in [0, 0.1) is 5.41 Å². The Balaban J connectivity index is 2.15. The van der Waals surface area contributed by atoms with E-state index in [4.69, 9.17) is 0 Å². The largest absolute Gasteiger partial charge is 0.387 e. The molecule has 0 bridgehead atoms. The van der Waals surface area contributed by atoms with Gasteiger partial charge in [0.2, 0.25) is 10.0 Å². The van der Waals surface area contributed by atoms with E-state index in [9.17, 15) is 8.42 Å². The summed E-state index contributed by atoms with van der Waals surface area (Å²) in [5.41, 5.74) is 0.769. The van der Waals surface area contributed by atoms with Crippen molar-refractivity contribution in [3.05, 3.63) is 24.3 Å². The van der Waals surface area contributed by atoms with Crippen LogP contribution in [0.15, 0.2) is 29.2 Å². The van der Waals surface area contributed by atoms with Gasteiger partial charge in [0.15, 0.2) is 0 Å². The molecular weight excluding hydrogens is 248 g/mol. The molecule has 0 aromatic heterocycles. The smallest absolute Gasteiger partial charge is 0.242 e. The second kappa shape index (κ2) is 4.90. The number of rotatable bonds is 5. The Morgan fingerprint density at radius 1 is 1.28 bits per heavy atom. The first-order chi connectivity index (χ1) is 8.47. The molecule has 18 heavy (non-hydrogen) atoms. The van der Waals surface area contributed by atoms with Gasteiger partial charge in [0, 0.05) is 13.6 Å². The van der Waals surface area contributed by atoms with Crippen LogP contribution in [0.2, 0.25) is 0 Å². The van der Waals surface area contributed by atoms with E-state index in [-0.39, 0.29) is 5.41 Å². The maximum absolute atomic E-state index is 12.2. The Hall–Kier alpha value is -1.07. The molecule has 100 valence electrons. The molecule has 2 rings (SSSR count). The van der Waals surface area contributed by atoms with Crippen molar-refractivity contribution in [1.82, 2.24) is 4.72 Å². The predicted molar refractivity (Wildman–Crippen MR) is 73.1 cm³/mol. The van der Waals surface area contributed by atoms with Gasteiger partial charge in [0.25, 0.3) is 0 Å². The third-order valence-electron chi connectivity index (χ3n) is 3.70. The first kappa shape index (κ1) is 13.4. The molecule has 4 nitrogen and oxygen atoms in total. The van der Waals surface area contributed by atoms with E-state index in [2.05, 4.69) is 17.0 Å². The van der Waals surface area contributed by atoms with E-state index in [1.807, 2.05) is 6.07 Å². The highest BCUT2D eigenvalue weighted by Gasteiger charge is 2.33. The topological polar surface area (TPSA) is 58.2 Å². The van der Waals surface area contributed by atoms with Gasteiger partial charge in [-0.1, -0.05) is 25.5 Å². The van der Waals surface area contributed by atoms with Gasteiger partial charge >= 0.3 is 0 Å². The maximum Gasteiger partial charge on any atom is 0.242 e. The minimum Gasteiger partial charge on any atom is -0.387 e. The Morgan fingerprint density at radius 3 is 2.50 bits per heavy atom. The van der Waals surface area contributed by atoms with E-state index < -0.39 is 10.0 Å². The lowest BCUT2D eigenvalue weighted by molar-refractivity contribution is 0.166. The highest BCUT2D eigenvalue weighted by Crippen LogP contribution is 2.39.